The van der Waals surface area contributed by atoms with Crippen LogP contribution in [0.4, 0.5) is 0 Å². The van der Waals surface area contributed by atoms with E-state index in [0.717, 1.165) is 68.9 Å². The van der Waals surface area contributed by atoms with Crippen molar-refractivity contribution in [2.45, 2.75) is 44.4 Å². The van der Waals surface area contributed by atoms with E-state index in [0.29, 0.717) is 5.91 Å². The predicted molar refractivity (Wildman–Crippen MR) is 102 cm³/mol. The highest BCUT2D eigenvalue weighted by Gasteiger charge is 2.47. The topological polar surface area (TPSA) is 40.6 Å². The summed E-state index contributed by atoms with van der Waals surface area (Å²) in [6.45, 7) is 3.27. The number of amides is 2. The largest absolute Gasteiger partial charge is 0.342 e. The highest BCUT2D eigenvalue weighted by molar-refractivity contribution is 6.31. The molecule has 2 saturated heterocycles. The van der Waals surface area contributed by atoms with Crippen molar-refractivity contribution >= 4 is 23.4 Å². The molecule has 3 aliphatic rings. The SMILES string of the molecule is O=C(C1CCN(C(=O)C2CC2c2ccccc2Cl)CC1)N1CCCCC1. The van der Waals surface area contributed by atoms with Crippen LogP contribution < -0.4 is 0 Å². The summed E-state index contributed by atoms with van der Waals surface area (Å²) in [6, 6.07) is 7.84. The molecular formula is C21H27ClN2O2. The van der Waals surface area contributed by atoms with Gasteiger partial charge in [-0.15, -0.1) is 0 Å². The number of halogens is 1. The molecule has 4 rings (SSSR count). The summed E-state index contributed by atoms with van der Waals surface area (Å²) in [5.41, 5.74) is 1.10. The summed E-state index contributed by atoms with van der Waals surface area (Å²) in [4.78, 5) is 29.5. The zero-order valence-corrected chi connectivity index (χ0v) is 16.0. The number of rotatable bonds is 3. The van der Waals surface area contributed by atoms with Gasteiger partial charge in [0, 0.05) is 43.0 Å². The third kappa shape index (κ3) is 3.62. The summed E-state index contributed by atoms with van der Waals surface area (Å²) in [7, 11) is 0. The van der Waals surface area contributed by atoms with Crippen LogP contribution in [0, 0.1) is 11.8 Å². The van der Waals surface area contributed by atoms with Crippen LogP contribution in [0.3, 0.4) is 0 Å². The fraction of sp³-hybridized carbons (Fsp3) is 0.619. The van der Waals surface area contributed by atoms with Gasteiger partial charge in [0.15, 0.2) is 0 Å². The van der Waals surface area contributed by atoms with Crippen LogP contribution >= 0.6 is 11.6 Å². The molecule has 0 spiro atoms. The standard InChI is InChI=1S/C21H27ClN2O2/c22-19-7-3-2-6-16(19)17-14-18(17)21(26)24-12-8-15(9-13-24)20(25)23-10-4-1-5-11-23/h2-3,6-7,15,17-18H,1,4-5,8-14H2. The van der Waals surface area contributed by atoms with Crippen molar-refractivity contribution in [1.82, 2.24) is 9.80 Å². The summed E-state index contributed by atoms with van der Waals surface area (Å²) in [6.07, 6.45) is 6.03. The summed E-state index contributed by atoms with van der Waals surface area (Å²) in [5.74, 6) is 1.01. The molecule has 5 heteroatoms. The molecule has 2 heterocycles. The van der Waals surface area contributed by atoms with Gasteiger partial charge in [-0.2, -0.15) is 0 Å². The summed E-state index contributed by atoms with van der Waals surface area (Å²) in [5, 5.41) is 0.763. The Bertz CT molecular complexity index is 678. The average molecular weight is 375 g/mol. The Labute approximate surface area is 160 Å². The van der Waals surface area contributed by atoms with E-state index in [4.69, 9.17) is 11.6 Å². The van der Waals surface area contributed by atoms with Crippen molar-refractivity contribution in [3.63, 3.8) is 0 Å². The number of benzene rings is 1. The van der Waals surface area contributed by atoms with Crippen molar-refractivity contribution in [1.29, 1.82) is 0 Å². The molecule has 0 aromatic heterocycles. The van der Waals surface area contributed by atoms with Crippen LogP contribution in [0.2, 0.25) is 5.02 Å². The number of carbonyl (C=O) groups excluding carboxylic acids is 2. The maximum absolute atomic E-state index is 12.8. The molecule has 1 aromatic carbocycles. The fourth-order valence-corrected chi connectivity index (χ4v) is 4.82. The summed E-state index contributed by atoms with van der Waals surface area (Å²) >= 11 is 6.28. The minimum atomic E-state index is 0.0734. The maximum atomic E-state index is 12.8. The van der Waals surface area contributed by atoms with Gasteiger partial charge in [-0.1, -0.05) is 29.8 Å². The molecule has 140 valence electrons. The first-order valence-corrected chi connectivity index (χ1v) is 10.3. The van der Waals surface area contributed by atoms with Gasteiger partial charge in [0.1, 0.15) is 0 Å². The van der Waals surface area contributed by atoms with Crippen molar-refractivity contribution in [3.8, 4) is 0 Å². The van der Waals surface area contributed by atoms with Crippen molar-refractivity contribution in [2.75, 3.05) is 26.2 Å². The highest BCUT2D eigenvalue weighted by atomic mass is 35.5. The highest BCUT2D eigenvalue weighted by Crippen LogP contribution is 2.50. The predicted octanol–water partition coefficient (Wildman–Crippen LogP) is 3.69. The lowest BCUT2D eigenvalue weighted by molar-refractivity contribution is -0.141. The van der Waals surface area contributed by atoms with E-state index >= 15 is 0 Å². The van der Waals surface area contributed by atoms with Crippen LogP contribution in [0.5, 0.6) is 0 Å². The minimum Gasteiger partial charge on any atom is -0.342 e. The molecule has 2 amide bonds. The smallest absolute Gasteiger partial charge is 0.226 e. The number of likely N-dealkylation sites (tertiary alicyclic amines) is 2. The molecule has 0 radical (unpaired) electrons. The maximum Gasteiger partial charge on any atom is 0.226 e. The van der Waals surface area contributed by atoms with E-state index in [1.807, 2.05) is 34.1 Å². The number of nitrogens with zero attached hydrogens (tertiary/aromatic N) is 2. The lowest BCUT2D eigenvalue weighted by Gasteiger charge is -2.35. The molecule has 1 saturated carbocycles. The lowest BCUT2D eigenvalue weighted by atomic mass is 9.94. The molecule has 3 fully saturated rings. The number of hydrogen-bond acceptors (Lipinski definition) is 2. The third-order valence-corrected chi connectivity index (χ3v) is 6.58. The van der Waals surface area contributed by atoms with Gasteiger partial charge in [0.05, 0.1) is 0 Å². The average Bonchev–Trinajstić information content (AvgIpc) is 3.48. The molecular weight excluding hydrogens is 348 g/mol. The minimum absolute atomic E-state index is 0.0734. The summed E-state index contributed by atoms with van der Waals surface area (Å²) < 4.78 is 0. The van der Waals surface area contributed by atoms with Crippen molar-refractivity contribution < 1.29 is 9.59 Å². The first-order valence-electron chi connectivity index (χ1n) is 9.97. The molecule has 0 N–H and O–H groups in total. The van der Waals surface area contributed by atoms with Gasteiger partial charge in [0.2, 0.25) is 11.8 Å². The second-order valence-electron chi connectivity index (χ2n) is 7.96. The molecule has 1 aliphatic carbocycles. The van der Waals surface area contributed by atoms with Crippen LogP contribution in [0.1, 0.15) is 50.0 Å². The van der Waals surface area contributed by atoms with Crippen molar-refractivity contribution in [3.05, 3.63) is 34.9 Å². The van der Waals surface area contributed by atoms with E-state index in [1.54, 1.807) is 0 Å². The molecule has 2 atom stereocenters. The van der Waals surface area contributed by atoms with Gasteiger partial charge < -0.3 is 9.80 Å². The Morgan fingerprint density at radius 1 is 0.885 bits per heavy atom. The fourth-order valence-electron chi connectivity index (χ4n) is 4.54. The Morgan fingerprint density at radius 2 is 1.54 bits per heavy atom. The molecule has 1 aromatic rings. The number of hydrogen-bond donors (Lipinski definition) is 0. The van der Waals surface area contributed by atoms with E-state index < -0.39 is 0 Å². The monoisotopic (exact) mass is 374 g/mol. The third-order valence-electron chi connectivity index (χ3n) is 6.24. The number of carbonyl (C=O) groups is 2. The second kappa shape index (κ2) is 7.59. The van der Waals surface area contributed by atoms with E-state index in [9.17, 15) is 9.59 Å². The number of piperidine rings is 2. The van der Waals surface area contributed by atoms with Gasteiger partial charge >= 0.3 is 0 Å². The zero-order chi connectivity index (χ0) is 18.1. The van der Waals surface area contributed by atoms with Crippen LogP contribution in [-0.4, -0.2) is 47.8 Å². The molecule has 0 bridgehead atoms. The van der Waals surface area contributed by atoms with Gasteiger partial charge in [0.25, 0.3) is 0 Å². The van der Waals surface area contributed by atoms with Crippen LogP contribution in [-0.2, 0) is 9.59 Å². The van der Waals surface area contributed by atoms with Crippen molar-refractivity contribution in [2.24, 2.45) is 11.8 Å². The quantitative estimate of drug-likeness (QED) is 0.809. The first-order chi connectivity index (χ1) is 12.6. The molecule has 2 aliphatic heterocycles. The normalized spacial score (nSPS) is 26.7. The molecule has 2 unspecified atom stereocenters. The Hall–Kier alpha value is -1.55. The molecule has 4 nitrogen and oxygen atoms in total. The van der Waals surface area contributed by atoms with E-state index in [1.165, 1.54) is 6.42 Å². The van der Waals surface area contributed by atoms with Gasteiger partial charge in [-0.05, 0) is 56.1 Å². The second-order valence-corrected chi connectivity index (χ2v) is 8.36. The first kappa shape index (κ1) is 17.8. The Morgan fingerprint density at radius 3 is 2.23 bits per heavy atom. The van der Waals surface area contributed by atoms with Gasteiger partial charge in [-0.3, -0.25) is 9.59 Å². The molecule has 26 heavy (non-hydrogen) atoms. The zero-order valence-electron chi connectivity index (χ0n) is 15.2. The Kier molecular flexibility index (Phi) is 5.21. The lowest BCUT2D eigenvalue weighted by Crippen LogP contribution is -2.46. The van der Waals surface area contributed by atoms with Crippen LogP contribution in [0.25, 0.3) is 0 Å². The van der Waals surface area contributed by atoms with Gasteiger partial charge in [-0.25, -0.2) is 0 Å². The van der Waals surface area contributed by atoms with Crippen LogP contribution in [0.15, 0.2) is 24.3 Å². The van der Waals surface area contributed by atoms with E-state index in [-0.39, 0.29) is 23.7 Å². The Balaban J connectivity index is 1.29. The van der Waals surface area contributed by atoms with E-state index in [2.05, 4.69) is 0 Å².